The summed E-state index contributed by atoms with van der Waals surface area (Å²) in [6, 6.07) is 11.0. The number of hydrogen-bond donors (Lipinski definition) is 1. The van der Waals surface area contributed by atoms with Gasteiger partial charge in [0.15, 0.2) is 0 Å². The minimum atomic E-state index is -0.323. The van der Waals surface area contributed by atoms with Gasteiger partial charge in [-0.05, 0) is 36.4 Å². The van der Waals surface area contributed by atoms with Crippen molar-refractivity contribution in [3.63, 3.8) is 0 Å². The van der Waals surface area contributed by atoms with Gasteiger partial charge in [-0.1, -0.05) is 22.8 Å². The standard InChI is InChI=1S/C14H9ClFN3O/c15-11-3-1-2-10(12(11)17)14-18-13(19-20-14)8-4-6-9(16)7-5-8/h1-7H,17H2. The van der Waals surface area contributed by atoms with Crippen LogP contribution in [0.1, 0.15) is 0 Å². The van der Waals surface area contributed by atoms with E-state index in [0.717, 1.165) is 0 Å². The van der Waals surface area contributed by atoms with Gasteiger partial charge in [-0.3, -0.25) is 0 Å². The topological polar surface area (TPSA) is 64.9 Å². The molecular formula is C14H9ClFN3O. The largest absolute Gasteiger partial charge is 0.397 e. The Morgan fingerprint density at radius 1 is 1.10 bits per heavy atom. The smallest absolute Gasteiger partial charge is 0.260 e. The number of nitrogens with zero attached hydrogens (tertiary/aromatic N) is 2. The molecule has 0 atom stereocenters. The SMILES string of the molecule is Nc1c(Cl)cccc1-c1nc(-c2ccc(F)cc2)no1. The van der Waals surface area contributed by atoms with E-state index in [-0.39, 0.29) is 11.7 Å². The van der Waals surface area contributed by atoms with E-state index in [9.17, 15) is 4.39 Å². The summed E-state index contributed by atoms with van der Waals surface area (Å²) in [7, 11) is 0. The predicted octanol–water partition coefficient (Wildman–Crippen LogP) is 3.78. The molecule has 0 amide bonds. The van der Waals surface area contributed by atoms with Crippen molar-refractivity contribution >= 4 is 17.3 Å². The monoisotopic (exact) mass is 289 g/mol. The van der Waals surface area contributed by atoms with E-state index in [4.69, 9.17) is 21.9 Å². The molecule has 1 aromatic heterocycles. The Morgan fingerprint density at radius 3 is 2.60 bits per heavy atom. The molecule has 0 radical (unpaired) electrons. The number of nitrogens with two attached hydrogens (primary N) is 1. The van der Waals surface area contributed by atoms with Crippen molar-refractivity contribution in [2.45, 2.75) is 0 Å². The molecule has 0 aliphatic carbocycles. The third kappa shape index (κ3) is 2.23. The first-order valence-electron chi connectivity index (χ1n) is 5.79. The van der Waals surface area contributed by atoms with Crippen LogP contribution in [0, 0.1) is 5.82 Å². The number of anilines is 1. The van der Waals surface area contributed by atoms with E-state index in [0.29, 0.717) is 27.7 Å². The molecule has 2 N–H and O–H groups in total. The zero-order valence-electron chi connectivity index (χ0n) is 10.2. The molecule has 0 aliphatic rings. The molecular weight excluding hydrogens is 281 g/mol. The third-order valence-corrected chi connectivity index (χ3v) is 3.14. The van der Waals surface area contributed by atoms with Crippen LogP contribution in [0.15, 0.2) is 47.0 Å². The zero-order chi connectivity index (χ0) is 14.1. The molecule has 100 valence electrons. The molecule has 6 heteroatoms. The summed E-state index contributed by atoms with van der Waals surface area (Å²) < 4.78 is 18.1. The lowest BCUT2D eigenvalue weighted by Crippen LogP contribution is -1.91. The van der Waals surface area contributed by atoms with E-state index < -0.39 is 0 Å². The quantitative estimate of drug-likeness (QED) is 0.729. The van der Waals surface area contributed by atoms with Gasteiger partial charge in [0.2, 0.25) is 5.82 Å². The third-order valence-electron chi connectivity index (χ3n) is 2.81. The summed E-state index contributed by atoms with van der Waals surface area (Å²) in [5.74, 6) is 0.306. The second-order valence-electron chi connectivity index (χ2n) is 4.13. The van der Waals surface area contributed by atoms with Crippen LogP contribution in [-0.4, -0.2) is 10.1 Å². The second-order valence-corrected chi connectivity index (χ2v) is 4.54. The lowest BCUT2D eigenvalue weighted by Gasteiger charge is -2.01. The summed E-state index contributed by atoms with van der Waals surface area (Å²) in [4.78, 5) is 4.24. The van der Waals surface area contributed by atoms with Crippen molar-refractivity contribution in [2.24, 2.45) is 0 Å². The fraction of sp³-hybridized carbons (Fsp3) is 0. The Bertz CT molecular complexity index is 755. The van der Waals surface area contributed by atoms with Gasteiger partial charge in [-0.15, -0.1) is 0 Å². The minimum absolute atomic E-state index is 0.268. The van der Waals surface area contributed by atoms with Gasteiger partial charge in [0.05, 0.1) is 16.3 Å². The molecule has 2 aromatic carbocycles. The molecule has 20 heavy (non-hydrogen) atoms. The van der Waals surface area contributed by atoms with Gasteiger partial charge < -0.3 is 10.3 Å². The van der Waals surface area contributed by atoms with Crippen molar-refractivity contribution in [3.8, 4) is 22.8 Å². The summed E-state index contributed by atoms with van der Waals surface area (Å²) in [6.07, 6.45) is 0. The van der Waals surface area contributed by atoms with E-state index in [2.05, 4.69) is 10.1 Å². The van der Waals surface area contributed by atoms with Crippen LogP contribution in [0.5, 0.6) is 0 Å². The van der Waals surface area contributed by atoms with Crippen LogP contribution in [0.3, 0.4) is 0 Å². The van der Waals surface area contributed by atoms with Crippen molar-refractivity contribution in [3.05, 3.63) is 53.3 Å². The maximum atomic E-state index is 12.9. The van der Waals surface area contributed by atoms with Gasteiger partial charge in [-0.25, -0.2) is 4.39 Å². The molecule has 1 heterocycles. The lowest BCUT2D eigenvalue weighted by molar-refractivity contribution is 0.432. The minimum Gasteiger partial charge on any atom is -0.397 e. The van der Waals surface area contributed by atoms with Gasteiger partial charge in [0, 0.05) is 5.56 Å². The Labute approximate surface area is 119 Å². The Morgan fingerprint density at radius 2 is 1.85 bits per heavy atom. The molecule has 0 bridgehead atoms. The number of para-hydroxylation sites is 1. The van der Waals surface area contributed by atoms with Crippen molar-refractivity contribution in [2.75, 3.05) is 5.73 Å². The van der Waals surface area contributed by atoms with Crippen LogP contribution in [0.25, 0.3) is 22.8 Å². The molecule has 0 saturated heterocycles. The van der Waals surface area contributed by atoms with Crippen LogP contribution in [-0.2, 0) is 0 Å². The number of benzene rings is 2. The van der Waals surface area contributed by atoms with Crippen molar-refractivity contribution in [1.82, 2.24) is 10.1 Å². The maximum Gasteiger partial charge on any atom is 0.260 e. The number of halogens is 2. The summed E-state index contributed by atoms with van der Waals surface area (Å²) in [6.45, 7) is 0. The first-order chi connectivity index (χ1) is 9.65. The normalized spacial score (nSPS) is 10.7. The lowest BCUT2D eigenvalue weighted by atomic mass is 10.2. The highest BCUT2D eigenvalue weighted by molar-refractivity contribution is 6.33. The van der Waals surface area contributed by atoms with Gasteiger partial charge in [0.25, 0.3) is 5.89 Å². The second kappa shape index (κ2) is 4.94. The summed E-state index contributed by atoms with van der Waals surface area (Å²) >= 11 is 5.95. The maximum absolute atomic E-state index is 12.9. The van der Waals surface area contributed by atoms with Crippen LogP contribution < -0.4 is 5.73 Å². The van der Waals surface area contributed by atoms with E-state index in [1.165, 1.54) is 12.1 Å². The molecule has 0 fully saturated rings. The molecule has 3 rings (SSSR count). The van der Waals surface area contributed by atoms with Crippen LogP contribution >= 0.6 is 11.6 Å². The Hall–Kier alpha value is -2.40. The van der Waals surface area contributed by atoms with Gasteiger partial charge in [-0.2, -0.15) is 4.98 Å². The summed E-state index contributed by atoms with van der Waals surface area (Å²) in [5.41, 5.74) is 7.47. The van der Waals surface area contributed by atoms with Crippen LogP contribution in [0.2, 0.25) is 5.02 Å². The zero-order valence-corrected chi connectivity index (χ0v) is 10.9. The first-order valence-corrected chi connectivity index (χ1v) is 6.17. The molecule has 3 aromatic rings. The van der Waals surface area contributed by atoms with Crippen molar-refractivity contribution < 1.29 is 8.91 Å². The van der Waals surface area contributed by atoms with E-state index >= 15 is 0 Å². The molecule has 4 nitrogen and oxygen atoms in total. The molecule has 0 aliphatic heterocycles. The summed E-state index contributed by atoms with van der Waals surface area (Å²) in [5, 5.41) is 4.28. The number of aromatic nitrogens is 2. The molecule has 0 unspecified atom stereocenters. The Balaban J connectivity index is 2.02. The molecule has 0 spiro atoms. The van der Waals surface area contributed by atoms with E-state index in [1.807, 2.05) is 0 Å². The fourth-order valence-corrected chi connectivity index (χ4v) is 1.95. The van der Waals surface area contributed by atoms with E-state index in [1.54, 1.807) is 30.3 Å². The average molecular weight is 290 g/mol. The predicted molar refractivity (Wildman–Crippen MR) is 74.6 cm³/mol. The van der Waals surface area contributed by atoms with Gasteiger partial charge in [0.1, 0.15) is 5.82 Å². The molecule has 0 saturated carbocycles. The highest BCUT2D eigenvalue weighted by atomic mass is 35.5. The highest BCUT2D eigenvalue weighted by Gasteiger charge is 2.14. The fourth-order valence-electron chi connectivity index (χ4n) is 1.77. The number of nitrogen functional groups attached to an aromatic ring is 1. The number of hydrogen-bond acceptors (Lipinski definition) is 4. The highest BCUT2D eigenvalue weighted by Crippen LogP contribution is 2.31. The average Bonchev–Trinajstić information content (AvgIpc) is 2.92. The number of rotatable bonds is 2. The van der Waals surface area contributed by atoms with Crippen molar-refractivity contribution in [1.29, 1.82) is 0 Å². The first kappa shape index (κ1) is 12.6. The van der Waals surface area contributed by atoms with Crippen LogP contribution in [0.4, 0.5) is 10.1 Å². The van der Waals surface area contributed by atoms with Gasteiger partial charge >= 0.3 is 0 Å². The Kier molecular flexibility index (Phi) is 3.12.